The van der Waals surface area contributed by atoms with Crippen molar-refractivity contribution in [3.63, 3.8) is 0 Å². The predicted molar refractivity (Wildman–Crippen MR) is 109 cm³/mol. The van der Waals surface area contributed by atoms with Crippen molar-refractivity contribution in [1.29, 1.82) is 0 Å². The molecule has 5 nitrogen and oxygen atoms in total. The second kappa shape index (κ2) is 11.7. The van der Waals surface area contributed by atoms with Crippen molar-refractivity contribution < 1.29 is 9.47 Å². The SMILES string of the molecule is CCNC(=NCCc1c(Cl)cccc1Cl)N1CCC(COCCOC)C1. The van der Waals surface area contributed by atoms with Crippen LogP contribution in [0.25, 0.3) is 0 Å². The van der Waals surface area contributed by atoms with Crippen LogP contribution in [0.15, 0.2) is 23.2 Å². The normalized spacial score (nSPS) is 17.8. The number of benzene rings is 1. The number of halogens is 2. The van der Waals surface area contributed by atoms with Gasteiger partial charge in [-0.25, -0.2) is 0 Å². The maximum Gasteiger partial charge on any atom is 0.193 e. The van der Waals surface area contributed by atoms with Crippen molar-refractivity contribution in [3.05, 3.63) is 33.8 Å². The summed E-state index contributed by atoms with van der Waals surface area (Å²) in [4.78, 5) is 7.08. The van der Waals surface area contributed by atoms with Gasteiger partial charge in [0.2, 0.25) is 0 Å². The van der Waals surface area contributed by atoms with Crippen molar-refractivity contribution in [1.82, 2.24) is 10.2 Å². The highest BCUT2D eigenvalue weighted by molar-refractivity contribution is 6.35. The Morgan fingerprint density at radius 1 is 1.31 bits per heavy atom. The molecule has 1 aliphatic rings. The Hall–Kier alpha value is -1.01. The standard InChI is InChI=1S/C19H29Cl2N3O2/c1-3-22-19(23-9-7-16-17(20)5-4-6-18(16)21)24-10-8-15(13-24)14-26-12-11-25-2/h4-6,15H,3,7-14H2,1-2H3,(H,22,23). The van der Waals surface area contributed by atoms with Crippen molar-refractivity contribution in [3.8, 4) is 0 Å². The molecule has 0 amide bonds. The average Bonchev–Trinajstić information content (AvgIpc) is 3.09. The van der Waals surface area contributed by atoms with E-state index in [1.807, 2.05) is 18.2 Å². The molecule has 0 saturated carbocycles. The second-order valence-electron chi connectivity index (χ2n) is 6.35. The van der Waals surface area contributed by atoms with E-state index in [9.17, 15) is 0 Å². The molecule has 1 aliphatic heterocycles. The van der Waals surface area contributed by atoms with E-state index in [0.717, 1.165) is 50.6 Å². The van der Waals surface area contributed by atoms with E-state index in [-0.39, 0.29) is 0 Å². The van der Waals surface area contributed by atoms with Crippen LogP contribution in [0, 0.1) is 5.92 Å². The number of ether oxygens (including phenoxy) is 2. The monoisotopic (exact) mass is 401 g/mol. The summed E-state index contributed by atoms with van der Waals surface area (Å²) in [7, 11) is 1.69. The number of methoxy groups -OCH3 is 1. The molecule has 0 bridgehead atoms. The summed E-state index contributed by atoms with van der Waals surface area (Å²) >= 11 is 12.5. The molecule has 1 fully saturated rings. The number of nitrogens with zero attached hydrogens (tertiary/aromatic N) is 2. The zero-order valence-electron chi connectivity index (χ0n) is 15.6. The van der Waals surface area contributed by atoms with Crippen molar-refractivity contribution in [2.24, 2.45) is 10.9 Å². The molecule has 2 rings (SSSR count). The van der Waals surface area contributed by atoms with Gasteiger partial charge in [0.05, 0.1) is 19.8 Å². The van der Waals surface area contributed by atoms with Gasteiger partial charge in [-0.2, -0.15) is 0 Å². The molecule has 0 spiro atoms. The van der Waals surface area contributed by atoms with E-state index < -0.39 is 0 Å². The zero-order chi connectivity index (χ0) is 18.8. The van der Waals surface area contributed by atoms with Crippen LogP contribution in [0.4, 0.5) is 0 Å². The number of nitrogens with one attached hydrogen (secondary N) is 1. The Kier molecular flexibility index (Phi) is 9.54. The molecular weight excluding hydrogens is 373 g/mol. The number of hydrogen-bond acceptors (Lipinski definition) is 3. The number of hydrogen-bond donors (Lipinski definition) is 1. The quantitative estimate of drug-likeness (QED) is 0.390. The first kappa shape index (κ1) is 21.3. The molecule has 1 atom stereocenters. The first-order chi connectivity index (χ1) is 12.7. The van der Waals surface area contributed by atoms with Crippen LogP contribution in [-0.4, -0.2) is 64.0 Å². The van der Waals surface area contributed by atoms with Crippen molar-refractivity contribution in [2.75, 3.05) is 53.1 Å². The highest BCUT2D eigenvalue weighted by atomic mass is 35.5. The largest absolute Gasteiger partial charge is 0.382 e. The van der Waals surface area contributed by atoms with Crippen LogP contribution in [0.3, 0.4) is 0 Å². The van der Waals surface area contributed by atoms with Crippen LogP contribution >= 0.6 is 23.2 Å². The Morgan fingerprint density at radius 2 is 2.08 bits per heavy atom. The Labute approximate surface area is 166 Å². The summed E-state index contributed by atoms with van der Waals surface area (Å²) in [5.74, 6) is 1.49. The molecule has 1 N–H and O–H groups in total. The molecule has 1 heterocycles. The first-order valence-corrected chi connectivity index (χ1v) is 9.94. The smallest absolute Gasteiger partial charge is 0.193 e. The van der Waals surface area contributed by atoms with Gasteiger partial charge in [0.1, 0.15) is 0 Å². The van der Waals surface area contributed by atoms with Crippen LogP contribution in [0.5, 0.6) is 0 Å². The second-order valence-corrected chi connectivity index (χ2v) is 7.17. The molecule has 146 valence electrons. The van der Waals surface area contributed by atoms with E-state index in [0.29, 0.717) is 35.7 Å². The lowest BCUT2D eigenvalue weighted by atomic mass is 10.1. The third-order valence-corrected chi connectivity index (χ3v) is 5.10. The number of rotatable bonds is 9. The van der Waals surface area contributed by atoms with Crippen LogP contribution < -0.4 is 5.32 Å². The summed E-state index contributed by atoms with van der Waals surface area (Å²) in [6.45, 7) is 7.61. The first-order valence-electron chi connectivity index (χ1n) is 9.18. The van der Waals surface area contributed by atoms with Gasteiger partial charge in [0.25, 0.3) is 0 Å². The Bertz CT molecular complexity index is 564. The maximum absolute atomic E-state index is 6.24. The molecule has 1 aromatic carbocycles. The Morgan fingerprint density at radius 3 is 2.77 bits per heavy atom. The topological polar surface area (TPSA) is 46.1 Å². The fourth-order valence-corrected chi connectivity index (χ4v) is 3.61. The van der Waals surface area contributed by atoms with Gasteiger partial charge >= 0.3 is 0 Å². The molecule has 0 aliphatic carbocycles. The molecule has 1 saturated heterocycles. The molecule has 0 aromatic heterocycles. The van der Waals surface area contributed by atoms with Gasteiger partial charge in [-0.1, -0.05) is 29.3 Å². The zero-order valence-corrected chi connectivity index (χ0v) is 17.2. The van der Waals surface area contributed by atoms with Gasteiger partial charge in [0, 0.05) is 49.3 Å². The maximum atomic E-state index is 6.24. The lowest BCUT2D eigenvalue weighted by molar-refractivity contribution is 0.0536. The number of guanidine groups is 1. The van der Waals surface area contributed by atoms with E-state index in [1.54, 1.807) is 7.11 Å². The lowest BCUT2D eigenvalue weighted by Crippen LogP contribution is -2.40. The average molecular weight is 402 g/mol. The van der Waals surface area contributed by atoms with E-state index in [4.69, 9.17) is 37.7 Å². The fourth-order valence-electron chi connectivity index (χ4n) is 3.02. The summed E-state index contributed by atoms with van der Waals surface area (Å²) in [5, 5.41) is 4.79. The van der Waals surface area contributed by atoms with Crippen LogP contribution in [-0.2, 0) is 15.9 Å². The molecule has 7 heteroatoms. The number of aliphatic imine (C=N–C) groups is 1. The lowest BCUT2D eigenvalue weighted by Gasteiger charge is -2.21. The van der Waals surface area contributed by atoms with Crippen LogP contribution in [0.2, 0.25) is 10.0 Å². The molecule has 1 unspecified atom stereocenters. The van der Waals surface area contributed by atoms with Crippen molar-refractivity contribution in [2.45, 2.75) is 19.8 Å². The minimum atomic E-state index is 0.536. The molecule has 26 heavy (non-hydrogen) atoms. The number of likely N-dealkylation sites (tertiary alicyclic amines) is 1. The van der Waals surface area contributed by atoms with Gasteiger partial charge < -0.3 is 19.7 Å². The van der Waals surface area contributed by atoms with Gasteiger partial charge in [-0.05, 0) is 37.5 Å². The van der Waals surface area contributed by atoms with Gasteiger partial charge in [0.15, 0.2) is 5.96 Å². The van der Waals surface area contributed by atoms with Gasteiger partial charge in [-0.15, -0.1) is 0 Å². The minimum absolute atomic E-state index is 0.536. The summed E-state index contributed by atoms with van der Waals surface area (Å²) in [6.07, 6.45) is 1.85. The Balaban J connectivity index is 1.86. The minimum Gasteiger partial charge on any atom is -0.382 e. The van der Waals surface area contributed by atoms with E-state index >= 15 is 0 Å². The molecular formula is C19H29Cl2N3O2. The molecule has 1 aromatic rings. The summed E-state index contributed by atoms with van der Waals surface area (Å²) in [5.41, 5.74) is 0.960. The van der Waals surface area contributed by atoms with Crippen LogP contribution in [0.1, 0.15) is 18.9 Å². The fraction of sp³-hybridized carbons (Fsp3) is 0.632. The predicted octanol–water partition coefficient (Wildman–Crippen LogP) is 3.49. The van der Waals surface area contributed by atoms with E-state index in [1.165, 1.54) is 0 Å². The third kappa shape index (κ3) is 6.62. The van der Waals surface area contributed by atoms with Gasteiger partial charge in [-0.3, -0.25) is 4.99 Å². The summed E-state index contributed by atoms with van der Waals surface area (Å²) < 4.78 is 10.7. The van der Waals surface area contributed by atoms with E-state index in [2.05, 4.69) is 17.1 Å². The highest BCUT2D eigenvalue weighted by Crippen LogP contribution is 2.24. The molecule has 0 radical (unpaired) electrons. The highest BCUT2D eigenvalue weighted by Gasteiger charge is 2.24. The summed E-state index contributed by atoms with van der Waals surface area (Å²) in [6, 6.07) is 5.60. The third-order valence-electron chi connectivity index (χ3n) is 4.39. The van der Waals surface area contributed by atoms with Crippen molar-refractivity contribution >= 4 is 29.2 Å².